The van der Waals surface area contributed by atoms with Gasteiger partial charge in [-0.2, -0.15) is 0 Å². The molecular formula is C26H23ClN2O6. The van der Waals surface area contributed by atoms with E-state index in [-0.39, 0.29) is 23.8 Å². The molecule has 180 valence electrons. The van der Waals surface area contributed by atoms with Crippen LogP contribution in [0.25, 0.3) is 0 Å². The molecule has 0 bridgehead atoms. The van der Waals surface area contributed by atoms with Gasteiger partial charge in [-0.3, -0.25) is 10.1 Å². The van der Waals surface area contributed by atoms with Crippen LogP contribution in [0.15, 0.2) is 72.8 Å². The molecule has 0 fully saturated rings. The fourth-order valence-corrected chi connectivity index (χ4v) is 4.47. The molecule has 8 nitrogen and oxygen atoms in total. The van der Waals surface area contributed by atoms with Gasteiger partial charge in [-0.15, -0.1) is 0 Å². The number of nitrogens with zero attached hydrogens (tertiary/aromatic N) is 1. The molecule has 0 aliphatic carbocycles. The van der Waals surface area contributed by atoms with Gasteiger partial charge < -0.3 is 19.5 Å². The molecule has 0 saturated heterocycles. The molecule has 2 atom stereocenters. The van der Waals surface area contributed by atoms with Gasteiger partial charge in [0.1, 0.15) is 11.3 Å². The van der Waals surface area contributed by atoms with E-state index in [2.05, 4.69) is 5.32 Å². The van der Waals surface area contributed by atoms with Crippen molar-refractivity contribution in [3.05, 3.63) is 94.5 Å². The third kappa shape index (κ3) is 4.45. The summed E-state index contributed by atoms with van der Waals surface area (Å²) in [6.07, 6.45) is -1.56. The van der Waals surface area contributed by atoms with E-state index in [0.29, 0.717) is 21.8 Å². The Morgan fingerprint density at radius 2 is 1.83 bits per heavy atom. The van der Waals surface area contributed by atoms with E-state index >= 15 is 0 Å². The van der Waals surface area contributed by atoms with Gasteiger partial charge in [0.15, 0.2) is 0 Å². The Morgan fingerprint density at radius 3 is 2.51 bits per heavy atom. The van der Waals surface area contributed by atoms with E-state index in [9.17, 15) is 19.5 Å². The third-order valence-electron chi connectivity index (χ3n) is 5.99. The number of likely N-dealkylation sites (N-methyl/N-ethyl adjacent to an activating group) is 1. The standard InChI is InChI=1S/C26H23ClN2O6/c1-29-21-12-11-18(27)14-20(21)26(28-15-22(29)30,17-8-4-3-5-9-17)23(24(31)32)35-19-10-6-7-16(13-19)25(33)34-2/h3-14,23,28H,15H2,1-2H3,(H,31,32)/t23-,26+/m1/s1. The SMILES string of the molecule is COC(=O)c1cccc(O[C@H](C(=O)O)[C@@]2(c3ccccc3)NCC(=O)N(C)c3ccc(Cl)cc32)c1. The molecule has 0 aromatic heterocycles. The van der Waals surface area contributed by atoms with Gasteiger partial charge in [0.25, 0.3) is 0 Å². The molecule has 3 aromatic carbocycles. The second-order valence-corrected chi connectivity index (χ2v) is 8.43. The topological polar surface area (TPSA) is 105 Å². The van der Waals surface area contributed by atoms with Crippen molar-refractivity contribution in [1.82, 2.24) is 5.32 Å². The minimum absolute atomic E-state index is 0.143. The quantitative estimate of drug-likeness (QED) is 0.505. The lowest BCUT2D eigenvalue weighted by atomic mass is 9.77. The van der Waals surface area contributed by atoms with Crippen molar-refractivity contribution >= 4 is 35.1 Å². The number of hydrogen-bond donors (Lipinski definition) is 2. The monoisotopic (exact) mass is 494 g/mol. The number of ether oxygens (including phenoxy) is 2. The van der Waals surface area contributed by atoms with Crippen LogP contribution < -0.4 is 15.0 Å². The average molecular weight is 495 g/mol. The molecule has 0 saturated carbocycles. The summed E-state index contributed by atoms with van der Waals surface area (Å²) in [6, 6.07) is 19.9. The van der Waals surface area contributed by atoms with Crippen molar-refractivity contribution in [3.63, 3.8) is 0 Å². The van der Waals surface area contributed by atoms with Crippen molar-refractivity contribution < 1.29 is 29.0 Å². The van der Waals surface area contributed by atoms with E-state index in [0.717, 1.165) is 0 Å². The molecule has 35 heavy (non-hydrogen) atoms. The van der Waals surface area contributed by atoms with Gasteiger partial charge in [-0.1, -0.05) is 48.0 Å². The predicted octanol–water partition coefficient (Wildman–Crippen LogP) is 3.47. The van der Waals surface area contributed by atoms with Crippen LogP contribution in [0.1, 0.15) is 21.5 Å². The maximum absolute atomic E-state index is 12.9. The zero-order chi connectivity index (χ0) is 25.2. The van der Waals surface area contributed by atoms with Crippen molar-refractivity contribution in [2.75, 3.05) is 25.6 Å². The first-order valence-corrected chi connectivity index (χ1v) is 11.1. The highest BCUT2D eigenvalue weighted by molar-refractivity contribution is 6.30. The lowest BCUT2D eigenvalue weighted by molar-refractivity contribution is -0.149. The molecule has 0 spiro atoms. The van der Waals surface area contributed by atoms with Crippen LogP contribution in [-0.4, -0.2) is 49.8 Å². The Bertz CT molecular complexity index is 1280. The summed E-state index contributed by atoms with van der Waals surface area (Å²) in [6.45, 7) is -0.160. The van der Waals surface area contributed by atoms with E-state index in [1.165, 1.54) is 24.1 Å². The molecule has 4 rings (SSSR count). The number of benzene rings is 3. The summed E-state index contributed by atoms with van der Waals surface area (Å²) in [5.41, 5.74) is 0.195. The van der Waals surface area contributed by atoms with Crippen molar-refractivity contribution in [1.29, 1.82) is 0 Å². The van der Waals surface area contributed by atoms with Crippen LogP contribution in [0.4, 0.5) is 5.69 Å². The number of carbonyl (C=O) groups is 3. The predicted molar refractivity (Wildman–Crippen MR) is 130 cm³/mol. The fraction of sp³-hybridized carbons (Fsp3) is 0.192. The second-order valence-electron chi connectivity index (χ2n) is 8.00. The fourth-order valence-electron chi connectivity index (χ4n) is 4.30. The number of carboxylic acids is 1. The van der Waals surface area contributed by atoms with Gasteiger partial charge in [0, 0.05) is 23.3 Å². The normalized spacial score (nSPS) is 18.3. The molecule has 1 aliphatic heterocycles. The highest BCUT2D eigenvalue weighted by atomic mass is 35.5. The van der Waals surface area contributed by atoms with Crippen LogP contribution in [-0.2, 0) is 19.9 Å². The molecular weight excluding hydrogens is 472 g/mol. The number of fused-ring (bicyclic) bond motifs is 1. The highest BCUT2D eigenvalue weighted by Gasteiger charge is 2.51. The Hall–Kier alpha value is -3.88. The lowest BCUT2D eigenvalue weighted by Crippen LogP contribution is -2.58. The second kappa shape index (κ2) is 9.77. The minimum Gasteiger partial charge on any atom is -0.478 e. The van der Waals surface area contributed by atoms with Gasteiger partial charge in [-0.05, 0) is 42.0 Å². The van der Waals surface area contributed by atoms with Crippen LogP contribution in [0.5, 0.6) is 5.75 Å². The largest absolute Gasteiger partial charge is 0.478 e. The van der Waals surface area contributed by atoms with E-state index in [1.54, 1.807) is 67.7 Å². The van der Waals surface area contributed by atoms with E-state index < -0.39 is 23.6 Å². The summed E-state index contributed by atoms with van der Waals surface area (Å²) in [5.74, 6) is -1.99. The van der Waals surface area contributed by atoms with E-state index in [1.807, 2.05) is 0 Å². The number of esters is 1. The molecule has 0 radical (unpaired) electrons. The molecule has 1 heterocycles. The number of methoxy groups -OCH3 is 1. The van der Waals surface area contributed by atoms with Crippen molar-refractivity contribution in [3.8, 4) is 5.75 Å². The van der Waals surface area contributed by atoms with Crippen LogP contribution in [0.3, 0.4) is 0 Å². The number of aliphatic carboxylic acids is 1. The molecule has 9 heteroatoms. The number of carbonyl (C=O) groups excluding carboxylic acids is 2. The molecule has 1 amide bonds. The van der Waals surface area contributed by atoms with Crippen LogP contribution >= 0.6 is 11.6 Å². The number of nitrogens with one attached hydrogen (secondary N) is 1. The number of amides is 1. The average Bonchev–Trinajstić information content (AvgIpc) is 2.97. The van der Waals surface area contributed by atoms with Gasteiger partial charge in [0.2, 0.25) is 12.0 Å². The van der Waals surface area contributed by atoms with E-state index in [4.69, 9.17) is 21.1 Å². The highest BCUT2D eigenvalue weighted by Crippen LogP contribution is 2.43. The van der Waals surface area contributed by atoms with Crippen LogP contribution in [0, 0.1) is 0 Å². The minimum atomic E-state index is -1.56. The third-order valence-corrected chi connectivity index (χ3v) is 6.23. The van der Waals surface area contributed by atoms with Gasteiger partial charge >= 0.3 is 11.9 Å². The summed E-state index contributed by atoms with van der Waals surface area (Å²) in [5, 5.41) is 14.0. The Morgan fingerprint density at radius 1 is 1.09 bits per heavy atom. The van der Waals surface area contributed by atoms with Gasteiger partial charge in [0.05, 0.1) is 19.2 Å². The van der Waals surface area contributed by atoms with Gasteiger partial charge in [-0.25, -0.2) is 9.59 Å². The summed E-state index contributed by atoms with van der Waals surface area (Å²) in [4.78, 5) is 39.2. The number of carboxylic acid groups (broad SMARTS) is 1. The van der Waals surface area contributed by atoms with Crippen molar-refractivity contribution in [2.24, 2.45) is 0 Å². The molecule has 2 N–H and O–H groups in total. The summed E-state index contributed by atoms with van der Waals surface area (Å²) in [7, 11) is 2.87. The smallest absolute Gasteiger partial charge is 0.347 e. The molecule has 1 aliphatic rings. The first-order valence-electron chi connectivity index (χ1n) is 10.7. The number of anilines is 1. The Balaban J connectivity index is 1.97. The number of hydrogen-bond acceptors (Lipinski definition) is 6. The molecule has 3 aromatic rings. The van der Waals surface area contributed by atoms with Crippen molar-refractivity contribution in [2.45, 2.75) is 11.6 Å². The zero-order valence-electron chi connectivity index (χ0n) is 19.0. The first kappa shape index (κ1) is 24.3. The first-order chi connectivity index (χ1) is 16.8. The lowest BCUT2D eigenvalue weighted by Gasteiger charge is -2.40. The Kier molecular flexibility index (Phi) is 6.77. The summed E-state index contributed by atoms with van der Waals surface area (Å²) >= 11 is 6.37. The Labute approximate surface area is 207 Å². The summed E-state index contributed by atoms with van der Waals surface area (Å²) < 4.78 is 10.9. The number of rotatable bonds is 6. The maximum atomic E-state index is 12.9. The maximum Gasteiger partial charge on any atom is 0.347 e. The molecule has 0 unspecified atom stereocenters. The zero-order valence-corrected chi connectivity index (χ0v) is 19.8. The van der Waals surface area contributed by atoms with Crippen LogP contribution in [0.2, 0.25) is 5.02 Å². The number of halogens is 1.